The van der Waals surface area contributed by atoms with Crippen molar-refractivity contribution in [3.8, 4) is 11.5 Å². The van der Waals surface area contributed by atoms with E-state index in [9.17, 15) is 19.8 Å². The predicted molar refractivity (Wildman–Crippen MR) is 137 cm³/mol. The van der Waals surface area contributed by atoms with Crippen molar-refractivity contribution in [3.05, 3.63) is 118 Å². The molecule has 0 spiro atoms. The van der Waals surface area contributed by atoms with Crippen LogP contribution in [0.5, 0.6) is 11.5 Å². The van der Waals surface area contributed by atoms with Gasteiger partial charge in [-0.05, 0) is 78.9 Å². The van der Waals surface area contributed by atoms with E-state index >= 15 is 0 Å². The van der Waals surface area contributed by atoms with Gasteiger partial charge in [-0.25, -0.2) is 0 Å². The number of nitrogens with one attached hydrogen (secondary N) is 2. The quantitative estimate of drug-likeness (QED) is 0.270. The first-order valence-corrected chi connectivity index (χ1v) is 11.2. The first kappa shape index (κ1) is 23.6. The van der Waals surface area contributed by atoms with Crippen LogP contribution in [0, 0.1) is 13.8 Å². The summed E-state index contributed by atoms with van der Waals surface area (Å²) in [4.78, 5) is 25.3. The molecule has 176 valence electrons. The molecule has 4 N–H and O–H groups in total. The fraction of sp³-hybridized carbons (Fsp3) is 0.103. The van der Waals surface area contributed by atoms with Gasteiger partial charge in [0.25, 0.3) is 11.8 Å². The Balaban J connectivity index is 1.61. The summed E-state index contributed by atoms with van der Waals surface area (Å²) in [5.41, 5.74) is 4.93. The summed E-state index contributed by atoms with van der Waals surface area (Å²) < 4.78 is 0. The molecule has 0 saturated heterocycles. The van der Waals surface area contributed by atoms with Crippen molar-refractivity contribution in [1.82, 2.24) is 0 Å². The summed E-state index contributed by atoms with van der Waals surface area (Å²) >= 11 is 0. The molecule has 4 aromatic rings. The minimum atomic E-state index is -0.312. The van der Waals surface area contributed by atoms with Crippen LogP contribution in [0.2, 0.25) is 0 Å². The maximum Gasteiger partial charge on any atom is 0.255 e. The lowest BCUT2D eigenvalue weighted by atomic mass is 9.95. The highest BCUT2D eigenvalue weighted by molar-refractivity contribution is 6.06. The van der Waals surface area contributed by atoms with Crippen LogP contribution >= 0.6 is 0 Å². The zero-order valence-corrected chi connectivity index (χ0v) is 19.5. The Bertz CT molecular complexity index is 1280. The number of rotatable bonds is 6. The van der Waals surface area contributed by atoms with Crippen LogP contribution < -0.4 is 10.6 Å². The van der Waals surface area contributed by atoms with Crippen LogP contribution in [0.25, 0.3) is 0 Å². The summed E-state index contributed by atoms with van der Waals surface area (Å²) in [7, 11) is 0. The van der Waals surface area contributed by atoms with Crippen molar-refractivity contribution in [2.45, 2.75) is 20.3 Å². The van der Waals surface area contributed by atoms with Crippen molar-refractivity contribution in [1.29, 1.82) is 0 Å². The van der Waals surface area contributed by atoms with Gasteiger partial charge in [0.05, 0.1) is 11.4 Å². The van der Waals surface area contributed by atoms with Gasteiger partial charge >= 0.3 is 0 Å². The summed E-state index contributed by atoms with van der Waals surface area (Å²) in [5.74, 6) is -0.664. The minimum Gasteiger partial charge on any atom is -0.506 e. The third kappa shape index (κ3) is 5.17. The molecule has 35 heavy (non-hydrogen) atoms. The summed E-state index contributed by atoms with van der Waals surface area (Å²) in [6.45, 7) is 3.67. The number of aromatic hydroxyl groups is 2. The molecule has 0 aliphatic rings. The molecule has 0 aliphatic heterocycles. The Morgan fingerprint density at radius 1 is 0.600 bits per heavy atom. The molecule has 0 atom stereocenters. The summed E-state index contributed by atoms with van der Waals surface area (Å²) in [5, 5.41) is 26.5. The van der Waals surface area contributed by atoms with E-state index in [4.69, 9.17) is 0 Å². The van der Waals surface area contributed by atoms with E-state index in [-0.39, 0.29) is 23.3 Å². The van der Waals surface area contributed by atoms with Crippen molar-refractivity contribution < 1.29 is 19.8 Å². The second-order valence-electron chi connectivity index (χ2n) is 8.30. The number of benzene rings is 4. The number of hydrogen-bond donors (Lipinski definition) is 4. The first-order chi connectivity index (χ1) is 16.8. The van der Waals surface area contributed by atoms with Crippen LogP contribution in [0.1, 0.15) is 43.0 Å². The Morgan fingerprint density at radius 3 is 1.34 bits per heavy atom. The second kappa shape index (κ2) is 10.1. The Hall–Kier alpha value is -4.58. The molecule has 0 saturated carbocycles. The molecule has 0 radical (unpaired) electrons. The lowest BCUT2D eigenvalue weighted by Crippen LogP contribution is -2.14. The van der Waals surface area contributed by atoms with E-state index in [0.29, 0.717) is 28.9 Å². The van der Waals surface area contributed by atoms with E-state index < -0.39 is 0 Å². The van der Waals surface area contributed by atoms with Gasteiger partial charge in [0.1, 0.15) is 11.5 Å². The molecule has 6 heteroatoms. The first-order valence-electron chi connectivity index (χ1n) is 11.2. The van der Waals surface area contributed by atoms with Gasteiger partial charge in [0, 0.05) is 11.1 Å². The highest BCUT2D eigenvalue weighted by Crippen LogP contribution is 2.35. The third-order valence-corrected chi connectivity index (χ3v) is 6.04. The number of anilines is 2. The van der Waals surface area contributed by atoms with E-state index in [1.165, 1.54) is 0 Å². The molecule has 0 aliphatic carbocycles. The molecule has 0 bridgehead atoms. The number of phenolic OH excluding ortho intramolecular Hbond substituents is 2. The van der Waals surface area contributed by atoms with Crippen LogP contribution in [-0.4, -0.2) is 22.0 Å². The molecular weight excluding hydrogens is 440 g/mol. The second-order valence-corrected chi connectivity index (χ2v) is 8.30. The Morgan fingerprint density at radius 2 is 0.971 bits per heavy atom. The number of carbonyl (C=O) groups is 2. The van der Waals surface area contributed by atoms with Gasteiger partial charge in [-0.3, -0.25) is 9.59 Å². The Labute approximate surface area is 203 Å². The lowest BCUT2D eigenvalue weighted by molar-refractivity contribution is 0.101. The fourth-order valence-corrected chi connectivity index (χ4v) is 3.94. The molecule has 0 unspecified atom stereocenters. The maximum absolute atomic E-state index is 12.7. The monoisotopic (exact) mass is 466 g/mol. The van der Waals surface area contributed by atoms with Gasteiger partial charge in [-0.15, -0.1) is 0 Å². The minimum absolute atomic E-state index is 0.0197. The van der Waals surface area contributed by atoms with Gasteiger partial charge in [-0.2, -0.15) is 0 Å². The summed E-state index contributed by atoms with van der Waals surface area (Å²) in [6, 6.07) is 24.3. The molecule has 0 fully saturated rings. The van der Waals surface area contributed by atoms with E-state index in [1.807, 2.05) is 26.0 Å². The van der Waals surface area contributed by atoms with Gasteiger partial charge < -0.3 is 20.8 Å². The standard InChI is InChI=1S/C29H26N2O4/c1-18-22(13-15-24(32)26(18)30-28(34)20-9-5-3-6-10-20)17-23-14-16-25(33)27(19(23)2)31-29(35)21-11-7-4-8-12-21/h3-16,32-33H,17H2,1-2H3,(H,30,34)(H,31,35). The smallest absolute Gasteiger partial charge is 0.255 e. The van der Waals surface area contributed by atoms with Crippen molar-refractivity contribution in [3.63, 3.8) is 0 Å². The average Bonchev–Trinajstić information content (AvgIpc) is 2.88. The van der Waals surface area contributed by atoms with Gasteiger partial charge in [0.15, 0.2) is 0 Å². The molecular formula is C29H26N2O4. The molecule has 0 aromatic heterocycles. The highest BCUT2D eigenvalue weighted by Gasteiger charge is 2.17. The molecule has 6 nitrogen and oxygen atoms in total. The third-order valence-electron chi connectivity index (χ3n) is 6.04. The molecule has 4 aromatic carbocycles. The lowest BCUT2D eigenvalue weighted by Gasteiger charge is -2.17. The van der Waals surface area contributed by atoms with E-state index in [1.54, 1.807) is 72.8 Å². The van der Waals surface area contributed by atoms with Crippen molar-refractivity contribution in [2.75, 3.05) is 10.6 Å². The number of hydrogen-bond acceptors (Lipinski definition) is 4. The number of carbonyl (C=O) groups excluding carboxylic acids is 2. The van der Waals surface area contributed by atoms with Crippen molar-refractivity contribution in [2.24, 2.45) is 0 Å². The zero-order chi connectivity index (χ0) is 24.9. The van der Waals surface area contributed by atoms with E-state index in [2.05, 4.69) is 10.6 Å². The van der Waals surface area contributed by atoms with Crippen LogP contribution in [0.3, 0.4) is 0 Å². The normalized spacial score (nSPS) is 10.6. The van der Waals surface area contributed by atoms with Crippen LogP contribution in [0.15, 0.2) is 84.9 Å². The molecule has 0 heterocycles. The fourth-order valence-electron chi connectivity index (χ4n) is 3.94. The predicted octanol–water partition coefficient (Wildman–Crippen LogP) is 5.81. The van der Waals surface area contributed by atoms with E-state index in [0.717, 1.165) is 22.3 Å². The molecule has 2 amide bonds. The highest BCUT2D eigenvalue weighted by atomic mass is 16.3. The zero-order valence-electron chi connectivity index (χ0n) is 19.5. The Kier molecular flexibility index (Phi) is 6.83. The number of amides is 2. The largest absolute Gasteiger partial charge is 0.506 e. The van der Waals surface area contributed by atoms with Gasteiger partial charge in [0.2, 0.25) is 0 Å². The summed E-state index contributed by atoms with van der Waals surface area (Å²) in [6.07, 6.45) is 0.473. The van der Waals surface area contributed by atoms with Crippen LogP contribution in [-0.2, 0) is 6.42 Å². The van der Waals surface area contributed by atoms with Gasteiger partial charge in [-0.1, -0.05) is 48.5 Å². The molecule has 4 rings (SSSR count). The topological polar surface area (TPSA) is 98.7 Å². The maximum atomic E-state index is 12.7. The average molecular weight is 467 g/mol. The van der Waals surface area contributed by atoms with Crippen molar-refractivity contribution >= 4 is 23.2 Å². The SMILES string of the molecule is Cc1c(Cc2ccc(O)c(NC(=O)c3ccccc3)c2C)ccc(O)c1NC(=O)c1ccccc1. The van der Waals surface area contributed by atoms with Crippen LogP contribution in [0.4, 0.5) is 11.4 Å². The number of phenols is 2.